The first-order valence-electron chi connectivity index (χ1n) is 8.24. The lowest BCUT2D eigenvalue weighted by molar-refractivity contribution is -0.385. The van der Waals surface area contributed by atoms with E-state index in [-0.39, 0.29) is 19.1 Å². The van der Waals surface area contributed by atoms with Crippen molar-refractivity contribution in [3.63, 3.8) is 0 Å². The molecule has 0 bridgehead atoms. The number of ether oxygens (including phenoxy) is 3. The van der Waals surface area contributed by atoms with E-state index in [4.69, 9.17) is 25.8 Å². The summed E-state index contributed by atoms with van der Waals surface area (Å²) in [6.07, 6.45) is 2.73. The lowest BCUT2D eigenvalue weighted by Crippen LogP contribution is -2.13. The molecule has 0 saturated carbocycles. The van der Waals surface area contributed by atoms with Gasteiger partial charge in [-0.05, 0) is 24.6 Å². The van der Waals surface area contributed by atoms with Crippen molar-refractivity contribution in [1.29, 1.82) is 0 Å². The van der Waals surface area contributed by atoms with Gasteiger partial charge in [-0.15, -0.1) is 0 Å². The summed E-state index contributed by atoms with van der Waals surface area (Å²) >= 11 is 6.06. The van der Waals surface area contributed by atoms with Crippen LogP contribution in [0.25, 0.3) is 6.08 Å². The molecule has 28 heavy (non-hydrogen) atoms. The number of carbonyl (C=O) groups excluding carboxylic acids is 1. The molecule has 1 aliphatic rings. The van der Waals surface area contributed by atoms with Crippen LogP contribution in [0.3, 0.4) is 0 Å². The van der Waals surface area contributed by atoms with Gasteiger partial charge in [0.1, 0.15) is 11.5 Å². The minimum Gasteiger partial charge on any atom is -0.495 e. The van der Waals surface area contributed by atoms with Crippen molar-refractivity contribution in [2.45, 2.75) is 13.5 Å². The molecule has 1 N–H and O–H groups in total. The molecular formula is C19H17ClN2O6. The smallest absolute Gasteiger partial charge is 0.270 e. The number of hydrogen-bond donors (Lipinski definition) is 1. The Labute approximate surface area is 165 Å². The molecular weight excluding hydrogens is 388 g/mol. The molecule has 146 valence electrons. The SMILES string of the molecule is COc1cc(Cl)c(C)cc1NC(=O)/C=C/c1cc([N+](=O)[O-])cc2c1OCOC2. The summed E-state index contributed by atoms with van der Waals surface area (Å²) in [6.45, 7) is 2.05. The summed E-state index contributed by atoms with van der Waals surface area (Å²) in [5.41, 5.74) is 2.10. The zero-order valence-corrected chi connectivity index (χ0v) is 15.9. The van der Waals surface area contributed by atoms with Gasteiger partial charge >= 0.3 is 0 Å². The Bertz CT molecular complexity index is 973. The van der Waals surface area contributed by atoms with Crippen LogP contribution in [0.1, 0.15) is 16.7 Å². The van der Waals surface area contributed by atoms with Crippen molar-refractivity contribution in [2.24, 2.45) is 0 Å². The number of anilines is 1. The number of rotatable bonds is 5. The fourth-order valence-corrected chi connectivity index (χ4v) is 2.88. The van der Waals surface area contributed by atoms with E-state index in [2.05, 4.69) is 5.32 Å². The summed E-state index contributed by atoms with van der Waals surface area (Å²) in [4.78, 5) is 23.0. The second-order valence-corrected chi connectivity index (χ2v) is 6.42. The predicted molar refractivity (Wildman–Crippen MR) is 104 cm³/mol. The number of nitrogens with one attached hydrogen (secondary N) is 1. The molecule has 0 spiro atoms. The van der Waals surface area contributed by atoms with Gasteiger partial charge in [-0.2, -0.15) is 0 Å². The molecule has 1 aliphatic heterocycles. The van der Waals surface area contributed by atoms with Crippen LogP contribution in [0, 0.1) is 17.0 Å². The number of fused-ring (bicyclic) bond motifs is 1. The van der Waals surface area contributed by atoms with E-state index < -0.39 is 10.8 Å². The number of benzene rings is 2. The molecule has 1 amide bonds. The molecule has 0 radical (unpaired) electrons. The monoisotopic (exact) mass is 404 g/mol. The van der Waals surface area contributed by atoms with E-state index in [1.165, 1.54) is 31.4 Å². The number of methoxy groups -OCH3 is 1. The zero-order chi connectivity index (χ0) is 20.3. The van der Waals surface area contributed by atoms with Crippen LogP contribution in [0.15, 0.2) is 30.3 Å². The molecule has 2 aromatic rings. The van der Waals surface area contributed by atoms with Gasteiger partial charge in [-0.3, -0.25) is 14.9 Å². The van der Waals surface area contributed by atoms with Crippen LogP contribution in [-0.2, 0) is 16.1 Å². The number of carbonyl (C=O) groups is 1. The third kappa shape index (κ3) is 4.24. The highest BCUT2D eigenvalue weighted by Crippen LogP contribution is 2.34. The first-order valence-corrected chi connectivity index (χ1v) is 8.62. The van der Waals surface area contributed by atoms with Crippen molar-refractivity contribution < 1.29 is 23.9 Å². The quantitative estimate of drug-likeness (QED) is 0.457. The summed E-state index contributed by atoms with van der Waals surface area (Å²) in [6, 6.07) is 6.05. The molecule has 8 nitrogen and oxygen atoms in total. The third-order valence-corrected chi connectivity index (χ3v) is 4.49. The topological polar surface area (TPSA) is 99.9 Å². The van der Waals surface area contributed by atoms with Crippen molar-refractivity contribution >= 4 is 35.0 Å². The maximum absolute atomic E-state index is 12.4. The highest BCUT2D eigenvalue weighted by Gasteiger charge is 2.20. The van der Waals surface area contributed by atoms with Crippen LogP contribution in [0.2, 0.25) is 5.02 Å². The standard InChI is InChI=1S/C19H17ClN2O6/c1-11-5-16(17(26-2)8-15(11)20)21-18(23)4-3-12-6-14(22(24)25)7-13-9-27-10-28-19(12)13/h3-8H,9-10H2,1-2H3,(H,21,23)/b4-3+. The molecule has 0 aliphatic carbocycles. The number of nitrogens with zero attached hydrogens (tertiary/aromatic N) is 1. The number of nitro groups is 1. The van der Waals surface area contributed by atoms with E-state index in [0.717, 1.165) is 5.56 Å². The minimum absolute atomic E-state index is 0.0408. The van der Waals surface area contributed by atoms with Gasteiger partial charge in [0.2, 0.25) is 5.91 Å². The highest BCUT2D eigenvalue weighted by atomic mass is 35.5. The predicted octanol–water partition coefficient (Wildman–Crippen LogP) is 4.08. The van der Waals surface area contributed by atoms with Crippen molar-refractivity contribution in [1.82, 2.24) is 0 Å². The number of hydrogen-bond acceptors (Lipinski definition) is 6. The van der Waals surface area contributed by atoms with Gasteiger partial charge in [0.25, 0.3) is 5.69 Å². The van der Waals surface area contributed by atoms with Gasteiger partial charge in [0.15, 0.2) is 6.79 Å². The number of amides is 1. The van der Waals surface area contributed by atoms with Gasteiger partial charge in [0, 0.05) is 40.4 Å². The molecule has 0 aromatic heterocycles. The van der Waals surface area contributed by atoms with Crippen LogP contribution in [-0.4, -0.2) is 24.7 Å². The maximum Gasteiger partial charge on any atom is 0.270 e. The fourth-order valence-electron chi connectivity index (χ4n) is 2.73. The van der Waals surface area contributed by atoms with E-state index >= 15 is 0 Å². The van der Waals surface area contributed by atoms with Gasteiger partial charge < -0.3 is 19.5 Å². The molecule has 0 saturated heterocycles. The Morgan fingerprint density at radius 2 is 2.14 bits per heavy atom. The summed E-state index contributed by atoms with van der Waals surface area (Å²) in [5.74, 6) is 0.443. The number of nitro benzene ring substituents is 1. The Kier molecular flexibility index (Phi) is 5.81. The Hall–Kier alpha value is -3.10. The van der Waals surface area contributed by atoms with Crippen molar-refractivity contribution in [3.05, 3.63) is 62.2 Å². The van der Waals surface area contributed by atoms with Gasteiger partial charge in [-0.1, -0.05) is 11.6 Å². The molecule has 1 heterocycles. The largest absolute Gasteiger partial charge is 0.495 e. The summed E-state index contributed by atoms with van der Waals surface area (Å²) in [7, 11) is 1.47. The molecule has 2 aromatic carbocycles. The zero-order valence-electron chi connectivity index (χ0n) is 15.2. The second kappa shape index (κ2) is 8.28. The number of aryl methyl sites for hydroxylation is 1. The summed E-state index contributed by atoms with van der Waals surface area (Å²) < 4.78 is 15.8. The van der Waals surface area contributed by atoms with Crippen LogP contribution >= 0.6 is 11.6 Å². The van der Waals surface area contributed by atoms with Crippen LogP contribution < -0.4 is 14.8 Å². The maximum atomic E-state index is 12.4. The minimum atomic E-state index is -0.506. The molecule has 3 rings (SSSR count). The van der Waals surface area contributed by atoms with Crippen LogP contribution in [0.5, 0.6) is 11.5 Å². The summed E-state index contributed by atoms with van der Waals surface area (Å²) in [5, 5.41) is 14.4. The highest BCUT2D eigenvalue weighted by molar-refractivity contribution is 6.31. The lowest BCUT2D eigenvalue weighted by Gasteiger charge is -2.19. The third-order valence-electron chi connectivity index (χ3n) is 4.09. The number of halogens is 1. The van der Waals surface area contributed by atoms with Gasteiger partial charge in [0.05, 0.1) is 24.3 Å². The van der Waals surface area contributed by atoms with E-state index in [9.17, 15) is 14.9 Å². The normalized spacial score (nSPS) is 13.0. The van der Waals surface area contributed by atoms with E-state index in [1.54, 1.807) is 12.1 Å². The second-order valence-electron chi connectivity index (χ2n) is 6.02. The molecule has 0 fully saturated rings. The van der Waals surface area contributed by atoms with Gasteiger partial charge in [-0.25, -0.2) is 0 Å². The van der Waals surface area contributed by atoms with Crippen molar-refractivity contribution in [3.8, 4) is 11.5 Å². The van der Waals surface area contributed by atoms with E-state index in [0.29, 0.717) is 33.3 Å². The average molecular weight is 405 g/mol. The first kappa shape index (κ1) is 19.7. The average Bonchev–Trinajstić information content (AvgIpc) is 2.68. The number of non-ortho nitro benzene ring substituents is 1. The van der Waals surface area contributed by atoms with E-state index in [1.807, 2.05) is 6.92 Å². The molecule has 9 heteroatoms. The first-order chi connectivity index (χ1) is 13.4. The Balaban J connectivity index is 1.86. The Morgan fingerprint density at radius 1 is 1.36 bits per heavy atom. The molecule has 0 unspecified atom stereocenters. The van der Waals surface area contributed by atoms with Crippen molar-refractivity contribution in [2.75, 3.05) is 19.2 Å². The van der Waals surface area contributed by atoms with Crippen LogP contribution in [0.4, 0.5) is 11.4 Å². The Morgan fingerprint density at radius 3 is 2.86 bits per heavy atom. The molecule has 0 atom stereocenters. The fraction of sp³-hybridized carbons (Fsp3) is 0.211. The lowest BCUT2D eigenvalue weighted by atomic mass is 10.1.